The Hall–Kier alpha value is -3.22. The topological polar surface area (TPSA) is 71.0 Å². The number of halogens is 1. The number of nitrogens with one attached hydrogen (secondary N) is 1. The van der Waals surface area contributed by atoms with E-state index in [1.54, 1.807) is 24.3 Å². The highest BCUT2D eigenvalue weighted by molar-refractivity contribution is 5.94. The first-order valence-corrected chi connectivity index (χ1v) is 7.96. The van der Waals surface area contributed by atoms with Gasteiger partial charge in [0, 0.05) is 18.3 Å². The summed E-state index contributed by atoms with van der Waals surface area (Å²) in [4.78, 5) is 30.0. The van der Waals surface area contributed by atoms with Crippen LogP contribution in [0.3, 0.4) is 0 Å². The van der Waals surface area contributed by atoms with Crippen molar-refractivity contribution in [1.29, 1.82) is 0 Å². The number of carbonyl (C=O) groups excluding carboxylic acids is 2. The number of hydrogen-bond donors (Lipinski definition) is 1. The molecule has 2 aromatic carbocycles. The second-order valence-corrected chi connectivity index (χ2v) is 5.69. The summed E-state index contributed by atoms with van der Waals surface area (Å²) in [5, 5.41) is 6.27. The van der Waals surface area contributed by atoms with Crippen LogP contribution in [0.4, 0.5) is 10.1 Å². The fourth-order valence-electron chi connectivity index (χ4n) is 2.02. The first kappa shape index (κ1) is 19.1. The Morgan fingerprint density at radius 2 is 1.88 bits per heavy atom. The van der Waals surface area contributed by atoms with Crippen LogP contribution in [-0.2, 0) is 14.4 Å². The molecule has 6 nitrogen and oxygen atoms in total. The molecule has 0 aliphatic carbocycles. The summed E-state index contributed by atoms with van der Waals surface area (Å²) in [5.74, 6) is -1.18. The zero-order valence-electron chi connectivity index (χ0n) is 14.6. The number of amides is 2. The number of anilines is 1. The minimum absolute atomic E-state index is 0.118. The quantitative estimate of drug-likeness (QED) is 0.612. The van der Waals surface area contributed by atoms with Crippen LogP contribution >= 0.6 is 0 Å². The van der Waals surface area contributed by atoms with Crippen molar-refractivity contribution in [2.45, 2.75) is 6.92 Å². The summed E-state index contributed by atoms with van der Waals surface area (Å²) >= 11 is 0. The van der Waals surface area contributed by atoms with Crippen molar-refractivity contribution in [3.63, 3.8) is 0 Å². The van der Waals surface area contributed by atoms with E-state index in [0.29, 0.717) is 5.69 Å². The Balaban J connectivity index is 1.75. The van der Waals surface area contributed by atoms with Crippen molar-refractivity contribution in [1.82, 2.24) is 4.90 Å². The molecular weight excluding hydrogens is 337 g/mol. The lowest BCUT2D eigenvalue weighted by atomic mass is 10.2. The molecule has 0 aromatic heterocycles. The lowest BCUT2D eigenvalue weighted by molar-refractivity contribution is -0.137. The lowest BCUT2D eigenvalue weighted by Crippen LogP contribution is -2.36. The smallest absolute Gasteiger partial charge is 0.263 e. The lowest BCUT2D eigenvalue weighted by Gasteiger charge is -2.16. The Bertz CT molecular complexity index is 791. The third-order valence-electron chi connectivity index (χ3n) is 3.50. The van der Waals surface area contributed by atoms with E-state index in [1.165, 1.54) is 30.3 Å². The normalized spacial score (nSPS) is 10.6. The Morgan fingerprint density at radius 1 is 1.19 bits per heavy atom. The third kappa shape index (κ3) is 6.01. The van der Waals surface area contributed by atoms with Gasteiger partial charge in [-0.15, -0.1) is 0 Å². The van der Waals surface area contributed by atoms with Crippen LogP contribution < -0.4 is 5.32 Å². The maximum Gasteiger partial charge on any atom is 0.263 e. The monoisotopic (exact) mass is 357 g/mol. The van der Waals surface area contributed by atoms with Gasteiger partial charge < -0.3 is 15.1 Å². The maximum absolute atomic E-state index is 13.4. The highest BCUT2D eigenvalue weighted by Gasteiger charge is 2.13. The molecule has 2 aromatic rings. The van der Waals surface area contributed by atoms with Crippen molar-refractivity contribution in [2.24, 2.45) is 5.16 Å². The molecule has 0 aliphatic heterocycles. The van der Waals surface area contributed by atoms with Crippen LogP contribution in [-0.4, -0.2) is 43.1 Å². The van der Waals surface area contributed by atoms with E-state index in [2.05, 4.69) is 10.5 Å². The summed E-state index contributed by atoms with van der Waals surface area (Å²) in [6, 6.07) is 13.4. The maximum atomic E-state index is 13.4. The van der Waals surface area contributed by atoms with E-state index in [1.807, 2.05) is 19.1 Å². The van der Waals surface area contributed by atoms with Gasteiger partial charge in [0.15, 0.2) is 6.61 Å². The summed E-state index contributed by atoms with van der Waals surface area (Å²) in [7, 11) is 1.49. The molecule has 7 heteroatoms. The minimum Gasteiger partial charge on any atom is -0.386 e. The number of oxime groups is 1. The fraction of sp³-hybridized carbons (Fsp3) is 0.211. The number of likely N-dealkylation sites (N-methyl/N-ethyl adjacent to an activating group) is 1. The predicted octanol–water partition coefficient (Wildman–Crippen LogP) is 2.58. The summed E-state index contributed by atoms with van der Waals surface area (Å²) in [6.07, 6.45) is 1.19. The number of nitrogens with zero attached hydrogens (tertiary/aromatic N) is 2. The number of carbonyl (C=O) groups is 2. The van der Waals surface area contributed by atoms with Crippen molar-refractivity contribution in [3.05, 3.63) is 65.5 Å². The third-order valence-corrected chi connectivity index (χ3v) is 3.50. The molecule has 0 fully saturated rings. The zero-order valence-corrected chi connectivity index (χ0v) is 14.6. The number of hydrogen-bond acceptors (Lipinski definition) is 4. The Kier molecular flexibility index (Phi) is 6.84. The standard InChI is InChI=1S/C19H20FN3O3/c1-14-7-9-16(10-8-14)22-18(24)12-23(2)19(25)13-26-21-11-15-5-3-4-6-17(15)20/h3-11H,12-13H2,1-2H3,(H,22,24)/b21-11-. The van der Waals surface area contributed by atoms with Crippen LogP contribution in [0.25, 0.3) is 0 Å². The van der Waals surface area contributed by atoms with E-state index in [0.717, 1.165) is 5.56 Å². The van der Waals surface area contributed by atoms with Gasteiger partial charge >= 0.3 is 0 Å². The van der Waals surface area contributed by atoms with Gasteiger partial charge in [-0.2, -0.15) is 0 Å². The van der Waals surface area contributed by atoms with Gasteiger partial charge in [-0.25, -0.2) is 4.39 Å². The summed E-state index contributed by atoms with van der Waals surface area (Å²) in [5.41, 5.74) is 2.00. The van der Waals surface area contributed by atoms with E-state index >= 15 is 0 Å². The van der Waals surface area contributed by atoms with Gasteiger partial charge in [-0.05, 0) is 25.1 Å². The highest BCUT2D eigenvalue weighted by Crippen LogP contribution is 2.08. The molecule has 0 aliphatic rings. The number of rotatable bonds is 7. The molecule has 2 rings (SSSR count). The van der Waals surface area contributed by atoms with Crippen LogP contribution in [0.2, 0.25) is 0 Å². The van der Waals surface area contributed by atoms with Crippen molar-refractivity contribution in [3.8, 4) is 0 Å². The average Bonchev–Trinajstić information content (AvgIpc) is 2.61. The molecule has 2 amide bonds. The predicted molar refractivity (Wildman–Crippen MR) is 97.4 cm³/mol. The van der Waals surface area contributed by atoms with E-state index < -0.39 is 11.7 Å². The molecule has 0 heterocycles. The minimum atomic E-state index is -0.434. The van der Waals surface area contributed by atoms with E-state index in [9.17, 15) is 14.0 Å². The highest BCUT2D eigenvalue weighted by atomic mass is 19.1. The summed E-state index contributed by atoms with van der Waals surface area (Å²) < 4.78 is 13.4. The number of benzene rings is 2. The van der Waals surface area contributed by atoms with Gasteiger partial charge in [0.1, 0.15) is 5.82 Å². The molecule has 26 heavy (non-hydrogen) atoms. The van der Waals surface area contributed by atoms with Crippen LogP contribution in [0.1, 0.15) is 11.1 Å². The van der Waals surface area contributed by atoms with Crippen molar-refractivity contribution < 1.29 is 18.8 Å². The Labute approximate surface area is 151 Å². The molecule has 0 atom stereocenters. The number of aryl methyl sites for hydroxylation is 1. The molecule has 0 saturated heterocycles. The molecule has 0 radical (unpaired) electrons. The largest absolute Gasteiger partial charge is 0.386 e. The molecule has 0 saturated carbocycles. The molecule has 136 valence electrons. The van der Waals surface area contributed by atoms with Crippen molar-refractivity contribution in [2.75, 3.05) is 25.5 Å². The second kappa shape index (κ2) is 9.31. The summed E-state index contributed by atoms with van der Waals surface area (Å²) in [6.45, 7) is 1.49. The van der Waals surface area contributed by atoms with Gasteiger partial charge in [0.2, 0.25) is 5.91 Å². The SMILES string of the molecule is Cc1ccc(NC(=O)CN(C)C(=O)CO/N=C\c2ccccc2F)cc1. The Morgan fingerprint density at radius 3 is 2.58 bits per heavy atom. The van der Waals surface area contributed by atoms with Gasteiger partial charge in [-0.1, -0.05) is 41.1 Å². The van der Waals surface area contributed by atoms with Crippen LogP contribution in [0.15, 0.2) is 53.7 Å². The molecular formula is C19H20FN3O3. The van der Waals surface area contributed by atoms with Crippen LogP contribution in [0.5, 0.6) is 0 Å². The van der Waals surface area contributed by atoms with E-state index in [4.69, 9.17) is 4.84 Å². The molecule has 0 unspecified atom stereocenters. The van der Waals surface area contributed by atoms with Gasteiger partial charge in [0.25, 0.3) is 5.91 Å². The van der Waals surface area contributed by atoms with Crippen molar-refractivity contribution >= 4 is 23.7 Å². The average molecular weight is 357 g/mol. The molecule has 0 bridgehead atoms. The first-order chi connectivity index (χ1) is 12.5. The molecule has 1 N–H and O–H groups in total. The fourth-order valence-corrected chi connectivity index (χ4v) is 2.02. The van der Waals surface area contributed by atoms with Crippen LogP contribution in [0, 0.1) is 12.7 Å². The zero-order chi connectivity index (χ0) is 18.9. The van der Waals surface area contributed by atoms with Gasteiger partial charge in [-0.3, -0.25) is 9.59 Å². The first-order valence-electron chi connectivity index (χ1n) is 7.96. The van der Waals surface area contributed by atoms with Gasteiger partial charge in [0.05, 0.1) is 12.8 Å². The van der Waals surface area contributed by atoms with E-state index in [-0.39, 0.29) is 24.6 Å². The molecule has 0 spiro atoms. The second-order valence-electron chi connectivity index (χ2n) is 5.69.